The Bertz CT molecular complexity index is 866. The summed E-state index contributed by atoms with van der Waals surface area (Å²) in [4.78, 5) is 16.4. The number of para-hydroxylation sites is 2. The number of ether oxygens (including phenoxy) is 1. The van der Waals surface area contributed by atoms with Crippen LogP contribution in [-0.2, 0) is 11.3 Å². The van der Waals surface area contributed by atoms with E-state index in [1.165, 1.54) is 12.1 Å². The molecule has 1 saturated heterocycles. The van der Waals surface area contributed by atoms with Crippen LogP contribution < -0.4 is 9.64 Å². The second-order valence-electron chi connectivity index (χ2n) is 7.91. The van der Waals surface area contributed by atoms with Crippen LogP contribution in [-0.4, -0.2) is 37.0 Å². The Labute approximate surface area is 170 Å². The molecule has 0 unspecified atom stereocenters. The van der Waals surface area contributed by atoms with Gasteiger partial charge in [0.15, 0.2) is 18.2 Å². The molecule has 0 atom stereocenters. The summed E-state index contributed by atoms with van der Waals surface area (Å²) in [5.41, 5.74) is 1.68. The van der Waals surface area contributed by atoms with Crippen molar-refractivity contribution >= 4 is 11.6 Å². The molecule has 0 aromatic heterocycles. The summed E-state index contributed by atoms with van der Waals surface area (Å²) in [7, 11) is 0. The SMILES string of the molecule is O=C1COc2ccccc2N1CCCC1CCN(Cc2ccc(F)c(F)c2)CC1. The van der Waals surface area contributed by atoms with Gasteiger partial charge in [-0.3, -0.25) is 9.69 Å². The molecule has 2 aliphatic rings. The molecule has 2 aromatic carbocycles. The van der Waals surface area contributed by atoms with Gasteiger partial charge in [-0.25, -0.2) is 8.78 Å². The number of anilines is 1. The minimum Gasteiger partial charge on any atom is -0.482 e. The third-order valence-electron chi connectivity index (χ3n) is 5.90. The molecule has 4 nitrogen and oxygen atoms in total. The lowest BCUT2D eigenvalue weighted by molar-refractivity contribution is -0.121. The lowest BCUT2D eigenvalue weighted by atomic mass is 9.92. The number of carbonyl (C=O) groups excluding carboxylic acids is 1. The van der Waals surface area contributed by atoms with E-state index >= 15 is 0 Å². The van der Waals surface area contributed by atoms with E-state index in [0.717, 1.165) is 55.8 Å². The summed E-state index contributed by atoms with van der Waals surface area (Å²) in [5.74, 6) is -0.143. The highest BCUT2D eigenvalue weighted by Gasteiger charge is 2.25. The molecule has 4 rings (SSSR count). The molecule has 2 aliphatic heterocycles. The summed E-state index contributed by atoms with van der Waals surface area (Å²) in [5, 5.41) is 0. The van der Waals surface area contributed by atoms with E-state index in [9.17, 15) is 13.6 Å². The number of rotatable bonds is 6. The standard InChI is InChI=1S/C23H26F2N2O2/c24-19-8-7-18(14-20(19)25)15-26-12-9-17(10-13-26)4-3-11-27-21-5-1-2-6-22(21)29-16-23(27)28/h1-2,5-8,14,17H,3-4,9-13,15-16H2. The normalized spacial score (nSPS) is 17.9. The first-order valence-electron chi connectivity index (χ1n) is 10.3. The Kier molecular flexibility index (Phi) is 6.09. The van der Waals surface area contributed by atoms with E-state index in [1.54, 1.807) is 6.07 Å². The third-order valence-corrected chi connectivity index (χ3v) is 5.90. The van der Waals surface area contributed by atoms with Crippen LogP contribution in [0.3, 0.4) is 0 Å². The van der Waals surface area contributed by atoms with Crippen molar-refractivity contribution in [2.45, 2.75) is 32.2 Å². The highest BCUT2D eigenvalue weighted by Crippen LogP contribution is 2.32. The summed E-state index contributed by atoms with van der Waals surface area (Å²) in [6, 6.07) is 11.8. The number of amides is 1. The number of hydrogen-bond donors (Lipinski definition) is 0. The van der Waals surface area contributed by atoms with E-state index < -0.39 is 11.6 Å². The molecular weight excluding hydrogens is 374 g/mol. The number of carbonyl (C=O) groups is 1. The Hall–Kier alpha value is -2.47. The summed E-state index contributed by atoms with van der Waals surface area (Å²) < 4.78 is 31.9. The van der Waals surface area contributed by atoms with E-state index in [-0.39, 0.29) is 12.5 Å². The predicted molar refractivity (Wildman–Crippen MR) is 108 cm³/mol. The zero-order chi connectivity index (χ0) is 20.2. The van der Waals surface area contributed by atoms with Gasteiger partial charge in [-0.2, -0.15) is 0 Å². The molecule has 0 radical (unpaired) electrons. The first-order chi connectivity index (χ1) is 14.1. The van der Waals surface area contributed by atoms with Gasteiger partial charge in [-0.05, 0) is 74.5 Å². The lowest BCUT2D eigenvalue weighted by Crippen LogP contribution is -2.39. The zero-order valence-electron chi connectivity index (χ0n) is 16.4. The Morgan fingerprint density at radius 2 is 1.83 bits per heavy atom. The molecule has 0 N–H and O–H groups in total. The summed E-state index contributed by atoms with van der Waals surface area (Å²) in [6.45, 7) is 3.41. The molecule has 0 spiro atoms. The molecule has 2 aromatic rings. The van der Waals surface area contributed by atoms with Crippen molar-refractivity contribution in [1.82, 2.24) is 4.90 Å². The van der Waals surface area contributed by atoms with Crippen LogP contribution in [0, 0.1) is 17.6 Å². The molecule has 1 fully saturated rings. The maximum absolute atomic E-state index is 13.4. The molecule has 0 saturated carbocycles. The van der Waals surface area contributed by atoms with Crippen molar-refractivity contribution in [1.29, 1.82) is 0 Å². The Balaban J connectivity index is 1.22. The smallest absolute Gasteiger partial charge is 0.265 e. The number of benzene rings is 2. The maximum atomic E-state index is 13.4. The fraction of sp³-hybridized carbons (Fsp3) is 0.435. The topological polar surface area (TPSA) is 32.8 Å². The highest BCUT2D eigenvalue weighted by atomic mass is 19.2. The Morgan fingerprint density at radius 1 is 1.03 bits per heavy atom. The van der Waals surface area contributed by atoms with Crippen molar-refractivity contribution < 1.29 is 18.3 Å². The molecule has 1 amide bonds. The third kappa shape index (κ3) is 4.75. The zero-order valence-corrected chi connectivity index (χ0v) is 16.4. The van der Waals surface area contributed by atoms with E-state index in [2.05, 4.69) is 4.90 Å². The number of nitrogens with zero attached hydrogens (tertiary/aromatic N) is 2. The van der Waals surface area contributed by atoms with Crippen molar-refractivity contribution in [3.05, 3.63) is 59.7 Å². The number of piperidine rings is 1. The molecule has 0 bridgehead atoms. The van der Waals surface area contributed by atoms with Crippen molar-refractivity contribution in [2.75, 3.05) is 31.1 Å². The van der Waals surface area contributed by atoms with Gasteiger partial charge in [0.25, 0.3) is 5.91 Å². The largest absolute Gasteiger partial charge is 0.482 e. The van der Waals surface area contributed by atoms with Gasteiger partial charge in [0, 0.05) is 13.1 Å². The van der Waals surface area contributed by atoms with Crippen LogP contribution in [0.5, 0.6) is 5.75 Å². The van der Waals surface area contributed by atoms with Crippen molar-refractivity contribution in [3.8, 4) is 5.75 Å². The molecular formula is C23H26F2N2O2. The van der Waals surface area contributed by atoms with E-state index in [0.29, 0.717) is 19.0 Å². The number of likely N-dealkylation sites (tertiary alicyclic amines) is 1. The van der Waals surface area contributed by atoms with E-state index in [4.69, 9.17) is 4.74 Å². The van der Waals surface area contributed by atoms with Gasteiger partial charge in [0.05, 0.1) is 5.69 Å². The van der Waals surface area contributed by atoms with Gasteiger partial charge in [0.2, 0.25) is 0 Å². The van der Waals surface area contributed by atoms with Crippen LogP contribution in [0.2, 0.25) is 0 Å². The quantitative estimate of drug-likeness (QED) is 0.721. The van der Waals surface area contributed by atoms with Gasteiger partial charge in [0.1, 0.15) is 5.75 Å². The van der Waals surface area contributed by atoms with Crippen LogP contribution in [0.25, 0.3) is 0 Å². The van der Waals surface area contributed by atoms with Gasteiger partial charge in [-0.1, -0.05) is 18.2 Å². The van der Waals surface area contributed by atoms with Gasteiger partial charge in [-0.15, -0.1) is 0 Å². The minimum absolute atomic E-state index is 0.0186. The van der Waals surface area contributed by atoms with E-state index in [1.807, 2.05) is 29.2 Å². The highest BCUT2D eigenvalue weighted by molar-refractivity contribution is 5.97. The predicted octanol–water partition coefficient (Wildman–Crippen LogP) is 4.38. The van der Waals surface area contributed by atoms with Crippen LogP contribution in [0.15, 0.2) is 42.5 Å². The molecule has 2 heterocycles. The molecule has 6 heteroatoms. The number of halogens is 2. The minimum atomic E-state index is -0.797. The Morgan fingerprint density at radius 3 is 2.62 bits per heavy atom. The maximum Gasteiger partial charge on any atom is 0.265 e. The molecule has 154 valence electrons. The van der Waals surface area contributed by atoms with Crippen LogP contribution >= 0.6 is 0 Å². The first kappa shape index (κ1) is 19.8. The second kappa shape index (κ2) is 8.91. The number of fused-ring (bicyclic) bond motifs is 1. The van der Waals surface area contributed by atoms with Crippen LogP contribution in [0.4, 0.5) is 14.5 Å². The fourth-order valence-corrected chi connectivity index (χ4v) is 4.27. The second-order valence-corrected chi connectivity index (χ2v) is 7.91. The van der Waals surface area contributed by atoms with Crippen LogP contribution in [0.1, 0.15) is 31.2 Å². The molecule has 29 heavy (non-hydrogen) atoms. The summed E-state index contributed by atoms with van der Waals surface area (Å²) >= 11 is 0. The summed E-state index contributed by atoms with van der Waals surface area (Å²) in [6.07, 6.45) is 4.24. The lowest BCUT2D eigenvalue weighted by Gasteiger charge is -2.33. The number of hydrogen-bond acceptors (Lipinski definition) is 3. The van der Waals surface area contributed by atoms with Crippen molar-refractivity contribution in [2.24, 2.45) is 5.92 Å². The first-order valence-corrected chi connectivity index (χ1v) is 10.3. The average Bonchev–Trinajstić information content (AvgIpc) is 2.73. The van der Waals surface area contributed by atoms with Gasteiger partial charge < -0.3 is 9.64 Å². The molecule has 0 aliphatic carbocycles. The monoisotopic (exact) mass is 400 g/mol. The average molecular weight is 400 g/mol. The fourth-order valence-electron chi connectivity index (χ4n) is 4.27. The van der Waals surface area contributed by atoms with Crippen molar-refractivity contribution in [3.63, 3.8) is 0 Å². The van der Waals surface area contributed by atoms with Gasteiger partial charge >= 0.3 is 0 Å².